The Morgan fingerprint density at radius 3 is 2.90 bits per heavy atom. The van der Waals surface area contributed by atoms with E-state index in [1.165, 1.54) is 6.07 Å². The standard InChI is InChI=1S/C15H13N3O2S/c1-2-16-13-7-6-12(18(19)20)14(17-13)11-5-3-4-10-8-9-21-15(10)11/h3-9H,2H2,1H3,(H,16,17). The third-order valence-electron chi connectivity index (χ3n) is 3.16. The first-order valence-corrected chi connectivity index (χ1v) is 7.44. The summed E-state index contributed by atoms with van der Waals surface area (Å²) in [5, 5.41) is 17.4. The van der Waals surface area contributed by atoms with E-state index in [9.17, 15) is 10.1 Å². The summed E-state index contributed by atoms with van der Waals surface area (Å²) in [5.74, 6) is 0.645. The van der Waals surface area contributed by atoms with Crippen LogP contribution in [0.15, 0.2) is 41.8 Å². The van der Waals surface area contributed by atoms with Gasteiger partial charge in [-0.3, -0.25) is 10.1 Å². The molecule has 0 spiro atoms. The fraction of sp³-hybridized carbons (Fsp3) is 0.133. The SMILES string of the molecule is CCNc1ccc([N+](=O)[O-])c(-c2cccc3ccsc23)n1. The fourth-order valence-electron chi connectivity index (χ4n) is 2.26. The molecule has 0 fully saturated rings. The Bertz CT molecular complexity index is 814. The van der Waals surface area contributed by atoms with Crippen LogP contribution in [-0.4, -0.2) is 16.5 Å². The fourth-order valence-corrected chi connectivity index (χ4v) is 3.17. The monoisotopic (exact) mass is 299 g/mol. The molecule has 0 aliphatic carbocycles. The lowest BCUT2D eigenvalue weighted by Crippen LogP contribution is -2.02. The first-order valence-electron chi connectivity index (χ1n) is 6.56. The van der Waals surface area contributed by atoms with Crippen LogP contribution in [0.5, 0.6) is 0 Å². The van der Waals surface area contributed by atoms with Crippen molar-refractivity contribution in [1.82, 2.24) is 4.98 Å². The molecule has 0 atom stereocenters. The van der Waals surface area contributed by atoms with Crippen LogP contribution in [0.2, 0.25) is 0 Å². The molecule has 0 aliphatic rings. The van der Waals surface area contributed by atoms with Gasteiger partial charge in [0.25, 0.3) is 5.69 Å². The lowest BCUT2D eigenvalue weighted by atomic mass is 10.1. The number of fused-ring (bicyclic) bond motifs is 1. The molecule has 2 aromatic heterocycles. The number of hydrogen-bond donors (Lipinski definition) is 1. The number of nitrogens with one attached hydrogen (secondary N) is 1. The van der Waals surface area contributed by atoms with Gasteiger partial charge in [0, 0.05) is 22.9 Å². The zero-order valence-corrected chi connectivity index (χ0v) is 12.2. The average Bonchev–Trinajstić information content (AvgIpc) is 2.95. The summed E-state index contributed by atoms with van der Waals surface area (Å²) in [4.78, 5) is 15.3. The van der Waals surface area contributed by atoms with Gasteiger partial charge in [-0.25, -0.2) is 4.98 Å². The highest BCUT2D eigenvalue weighted by Crippen LogP contribution is 2.36. The Morgan fingerprint density at radius 2 is 2.14 bits per heavy atom. The molecule has 0 aliphatic heterocycles. The van der Waals surface area contributed by atoms with Gasteiger partial charge in [-0.1, -0.05) is 18.2 Å². The molecule has 6 heteroatoms. The molecule has 0 saturated heterocycles. The van der Waals surface area contributed by atoms with Gasteiger partial charge >= 0.3 is 0 Å². The van der Waals surface area contributed by atoms with Crippen LogP contribution in [0.3, 0.4) is 0 Å². The molecular formula is C15H13N3O2S. The molecule has 0 amide bonds. The zero-order chi connectivity index (χ0) is 14.8. The second-order valence-electron chi connectivity index (χ2n) is 4.50. The average molecular weight is 299 g/mol. The second kappa shape index (κ2) is 5.49. The van der Waals surface area contributed by atoms with Crippen LogP contribution in [-0.2, 0) is 0 Å². The van der Waals surface area contributed by atoms with Crippen LogP contribution in [0.25, 0.3) is 21.3 Å². The summed E-state index contributed by atoms with van der Waals surface area (Å²) in [6.07, 6.45) is 0. The molecule has 3 aromatic rings. The highest BCUT2D eigenvalue weighted by atomic mass is 32.1. The molecule has 5 nitrogen and oxygen atoms in total. The Kier molecular flexibility index (Phi) is 3.53. The first-order chi connectivity index (χ1) is 10.2. The Balaban J connectivity index is 2.26. The summed E-state index contributed by atoms with van der Waals surface area (Å²) in [6.45, 7) is 2.68. The van der Waals surface area contributed by atoms with Crippen molar-refractivity contribution in [1.29, 1.82) is 0 Å². The number of nitrogens with zero attached hydrogens (tertiary/aromatic N) is 2. The van der Waals surface area contributed by atoms with Gasteiger partial charge in [-0.05, 0) is 29.8 Å². The summed E-state index contributed by atoms with van der Waals surface area (Å²) in [7, 11) is 0. The van der Waals surface area contributed by atoms with E-state index in [1.807, 2.05) is 36.6 Å². The number of hydrogen-bond acceptors (Lipinski definition) is 5. The molecule has 1 N–H and O–H groups in total. The van der Waals surface area contributed by atoms with E-state index < -0.39 is 0 Å². The Hall–Kier alpha value is -2.47. The quantitative estimate of drug-likeness (QED) is 0.576. The van der Waals surface area contributed by atoms with Crippen LogP contribution < -0.4 is 5.32 Å². The summed E-state index contributed by atoms with van der Waals surface area (Å²) in [5.41, 5.74) is 1.23. The van der Waals surface area contributed by atoms with E-state index in [1.54, 1.807) is 17.4 Å². The Labute approximate surface area is 125 Å². The minimum atomic E-state index is -0.384. The molecule has 0 unspecified atom stereocenters. The molecule has 0 bridgehead atoms. The molecule has 21 heavy (non-hydrogen) atoms. The topological polar surface area (TPSA) is 68.1 Å². The number of thiophene rings is 1. The predicted molar refractivity (Wildman–Crippen MR) is 85.9 cm³/mol. The first kappa shape index (κ1) is 13.5. The molecule has 0 radical (unpaired) electrons. The van der Waals surface area contributed by atoms with Crippen molar-refractivity contribution >= 4 is 32.9 Å². The van der Waals surface area contributed by atoms with E-state index in [-0.39, 0.29) is 10.6 Å². The molecule has 2 heterocycles. The van der Waals surface area contributed by atoms with Gasteiger partial charge in [0.05, 0.1) is 4.92 Å². The number of pyridine rings is 1. The number of anilines is 1. The highest BCUT2D eigenvalue weighted by molar-refractivity contribution is 7.17. The summed E-state index contributed by atoms with van der Waals surface area (Å²) in [6, 6.07) is 10.9. The molecular weight excluding hydrogens is 286 g/mol. The molecule has 3 rings (SSSR count). The van der Waals surface area contributed by atoms with Crippen molar-refractivity contribution in [3.63, 3.8) is 0 Å². The van der Waals surface area contributed by atoms with Gasteiger partial charge < -0.3 is 5.32 Å². The van der Waals surface area contributed by atoms with E-state index >= 15 is 0 Å². The normalized spacial score (nSPS) is 10.7. The van der Waals surface area contributed by atoms with Crippen LogP contribution in [0, 0.1) is 10.1 Å². The minimum absolute atomic E-state index is 0.0255. The molecule has 106 valence electrons. The number of benzene rings is 1. The number of aromatic nitrogens is 1. The molecule has 1 aromatic carbocycles. The summed E-state index contributed by atoms with van der Waals surface area (Å²) >= 11 is 1.57. The van der Waals surface area contributed by atoms with Crippen LogP contribution in [0.4, 0.5) is 11.5 Å². The smallest absolute Gasteiger partial charge is 0.295 e. The van der Waals surface area contributed by atoms with E-state index in [0.717, 1.165) is 15.6 Å². The third kappa shape index (κ3) is 2.45. The third-order valence-corrected chi connectivity index (χ3v) is 4.13. The maximum absolute atomic E-state index is 11.3. The second-order valence-corrected chi connectivity index (χ2v) is 5.41. The zero-order valence-electron chi connectivity index (χ0n) is 11.4. The number of nitro groups is 1. The lowest BCUT2D eigenvalue weighted by molar-refractivity contribution is -0.384. The van der Waals surface area contributed by atoms with Gasteiger partial charge in [0.1, 0.15) is 5.82 Å². The van der Waals surface area contributed by atoms with Crippen molar-refractivity contribution in [3.05, 3.63) is 51.9 Å². The van der Waals surface area contributed by atoms with Crippen LogP contribution >= 0.6 is 11.3 Å². The largest absolute Gasteiger partial charge is 0.370 e. The Morgan fingerprint density at radius 1 is 1.29 bits per heavy atom. The number of rotatable bonds is 4. The van der Waals surface area contributed by atoms with Crippen molar-refractivity contribution < 1.29 is 4.92 Å². The van der Waals surface area contributed by atoms with Gasteiger partial charge in [-0.15, -0.1) is 11.3 Å². The van der Waals surface area contributed by atoms with Gasteiger partial charge in [0.2, 0.25) is 0 Å². The van der Waals surface area contributed by atoms with Crippen molar-refractivity contribution in [3.8, 4) is 11.3 Å². The lowest BCUT2D eigenvalue weighted by Gasteiger charge is -2.07. The van der Waals surface area contributed by atoms with Crippen molar-refractivity contribution in [2.45, 2.75) is 6.92 Å². The maximum Gasteiger partial charge on any atom is 0.295 e. The predicted octanol–water partition coefficient (Wildman–Crippen LogP) is 4.30. The molecule has 0 saturated carbocycles. The summed E-state index contributed by atoms with van der Waals surface area (Å²) < 4.78 is 1.02. The van der Waals surface area contributed by atoms with Gasteiger partial charge in [-0.2, -0.15) is 0 Å². The van der Waals surface area contributed by atoms with E-state index in [4.69, 9.17) is 0 Å². The van der Waals surface area contributed by atoms with Crippen molar-refractivity contribution in [2.24, 2.45) is 0 Å². The minimum Gasteiger partial charge on any atom is -0.370 e. The van der Waals surface area contributed by atoms with Crippen molar-refractivity contribution in [2.75, 3.05) is 11.9 Å². The van der Waals surface area contributed by atoms with E-state index in [0.29, 0.717) is 18.1 Å². The maximum atomic E-state index is 11.3. The van der Waals surface area contributed by atoms with Gasteiger partial charge in [0.15, 0.2) is 5.69 Å². The van der Waals surface area contributed by atoms with E-state index in [2.05, 4.69) is 10.3 Å². The highest BCUT2D eigenvalue weighted by Gasteiger charge is 2.19. The van der Waals surface area contributed by atoms with Crippen LogP contribution in [0.1, 0.15) is 6.92 Å².